The smallest absolute Gasteiger partial charge is 0.270 e. The number of nitrogens with zero attached hydrogens (tertiary/aromatic N) is 1. The zero-order valence-corrected chi connectivity index (χ0v) is 12.6. The lowest BCUT2D eigenvalue weighted by atomic mass is 9.95. The molecular formula is C15H17N3O2S. The van der Waals surface area contributed by atoms with Crippen molar-refractivity contribution >= 4 is 28.6 Å². The number of fused-ring (bicyclic) bond motifs is 3. The minimum atomic E-state index is -0.0931. The highest BCUT2D eigenvalue weighted by atomic mass is 32.2. The van der Waals surface area contributed by atoms with Crippen LogP contribution < -0.4 is 10.6 Å². The average molecular weight is 303 g/mol. The Kier molecular flexibility index (Phi) is 3.15. The number of thioether (sulfide) groups is 1. The first-order valence-corrected chi connectivity index (χ1v) is 8.45. The summed E-state index contributed by atoms with van der Waals surface area (Å²) in [6, 6.07) is 3.06. The Bertz CT molecular complexity index is 699. The fraction of sp³-hybridized carbons (Fsp3) is 0.467. The second-order valence-corrected chi connectivity index (χ2v) is 6.58. The van der Waals surface area contributed by atoms with Gasteiger partial charge in [-0.1, -0.05) is 0 Å². The molecule has 1 amide bonds. The van der Waals surface area contributed by atoms with E-state index in [0.717, 1.165) is 28.7 Å². The molecule has 2 saturated heterocycles. The topological polar surface area (TPSA) is 67.2 Å². The standard InChI is InChI=1S/C15H17N3O2S/c1-21-14-7-20-13-6-16-12(5-9(13)14)15(19)18-11-4-8-2-3-10(11)17-8/h5-8,10-11,17H,2-4H2,1H3,(H,18,19)/t8-,10+,11-/m1/s1. The molecule has 0 saturated carbocycles. The second-order valence-electron chi connectivity index (χ2n) is 5.73. The molecule has 3 atom stereocenters. The maximum absolute atomic E-state index is 12.4. The second kappa shape index (κ2) is 5.03. The summed E-state index contributed by atoms with van der Waals surface area (Å²) in [7, 11) is 0. The van der Waals surface area contributed by atoms with Crippen molar-refractivity contribution in [2.24, 2.45) is 0 Å². The highest BCUT2D eigenvalue weighted by Gasteiger charge is 2.39. The van der Waals surface area contributed by atoms with Crippen molar-refractivity contribution in [3.8, 4) is 0 Å². The molecule has 2 aromatic heterocycles. The normalized spacial score (nSPS) is 27.4. The van der Waals surface area contributed by atoms with Crippen LogP contribution in [0.25, 0.3) is 11.0 Å². The molecule has 2 fully saturated rings. The third-order valence-electron chi connectivity index (χ3n) is 4.49. The molecule has 0 unspecified atom stereocenters. The van der Waals surface area contributed by atoms with E-state index in [2.05, 4.69) is 15.6 Å². The number of carbonyl (C=O) groups is 1. The number of hydrogen-bond donors (Lipinski definition) is 2. The quantitative estimate of drug-likeness (QED) is 0.851. The summed E-state index contributed by atoms with van der Waals surface area (Å²) in [6.45, 7) is 0. The van der Waals surface area contributed by atoms with Gasteiger partial charge >= 0.3 is 0 Å². The summed E-state index contributed by atoms with van der Waals surface area (Å²) in [4.78, 5) is 17.7. The first-order chi connectivity index (χ1) is 10.2. The van der Waals surface area contributed by atoms with Crippen LogP contribution in [0.1, 0.15) is 29.8 Å². The van der Waals surface area contributed by atoms with Crippen molar-refractivity contribution in [1.82, 2.24) is 15.6 Å². The van der Waals surface area contributed by atoms with Gasteiger partial charge in [-0.15, -0.1) is 11.8 Å². The number of hydrogen-bond acceptors (Lipinski definition) is 5. The van der Waals surface area contributed by atoms with Gasteiger partial charge in [0.1, 0.15) is 12.0 Å². The molecule has 4 heterocycles. The molecular weight excluding hydrogens is 286 g/mol. The van der Waals surface area contributed by atoms with Gasteiger partial charge in [-0.05, 0) is 31.6 Å². The van der Waals surface area contributed by atoms with Crippen molar-refractivity contribution in [2.75, 3.05) is 6.26 Å². The van der Waals surface area contributed by atoms with E-state index in [4.69, 9.17) is 4.42 Å². The fourth-order valence-electron chi connectivity index (χ4n) is 3.42. The molecule has 2 bridgehead atoms. The predicted octanol–water partition coefficient (Wildman–Crippen LogP) is 2.17. The lowest BCUT2D eigenvalue weighted by molar-refractivity contribution is 0.0926. The van der Waals surface area contributed by atoms with Crippen LogP contribution in [-0.2, 0) is 0 Å². The molecule has 2 aliphatic rings. The van der Waals surface area contributed by atoms with Crippen LogP contribution in [0, 0.1) is 0 Å². The van der Waals surface area contributed by atoms with Crippen molar-refractivity contribution < 1.29 is 9.21 Å². The highest BCUT2D eigenvalue weighted by Crippen LogP contribution is 2.30. The van der Waals surface area contributed by atoms with E-state index in [0.29, 0.717) is 17.8 Å². The highest BCUT2D eigenvalue weighted by molar-refractivity contribution is 7.98. The largest absolute Gasteiger partial charge is 0.462 e. The number of carbonyl (C=O) groups excluding carboxylic acids is 1. The Morgan fingerprint density at radius 1 is 1.52 bits per heavy atom. The number of furan rings is 1. The van der Waals surface area contributed by atoms with Gasteiger partial charge in [-0.2, -0.15) is 0 Å². The minimum absolute atomic E-state index is 0.0931. The van der Waals surface area contributed by atoms with Gasteiger partial charge in [0.15, 0.2) is 5.58 Å². The zero-order valence-electron chi connectivity index (χ0n) is 11.8. The Morgan fingerprint density at radius 2 is 2.43 bits per heavy atom. The molecule has 0 spiro atoms. The molecule has 0 radical (unpaired) electrons. The van der Waals surface area contributed by atoms with Gasteiger partial charge in [0, 0.05) is 23.5 Å². The first kappa shape index (κ1) is 13.2. The molecule has 0 aromatic carbocycles. The van der Waals surface area contributed by atoms with Crippen LogP contribution in [0.4, 0.5) is 0 Å². The van der Waals surface area contributed by atoms with Crippen LogP contribution in [0.5, 0.6) is 0 Å². The molecule has 4 rings (SSSR count). The van der Waals surface area contributed by atoms with E-state index < -0.39 is 0 Å². The van der Waals surface area contributed by atoms with E-state index >= 15 is 0 Å². The van der Waals surface area contributed by atoms with Gasteiger partial charge in [-0.3, -0.25) is 4.79 Å². The molecule has 110 valence electrons. The third kappa shape index (κ3) is 2.22. The van der Waals surface area contributed by atoms with E-state index in [9.17, 15) is 4.79 Å². The number of amides is 1. The first-order valence-electron chi connectivity index (χ1n) is 7.23. The van der Waals surface area contributed by atoms with E-state index in [1.807, 2.05) is 12.3 Å². The van der Waals surface area contributed by atoms with Gasteiger partial charge in [0.05, 0.1) is 11.1 Å². The summed E-state index contributed by atoms with van der Waals surface area (Å²) in [5.41, 5.74) is 1.18. The summed E-state index contributed by atoms with van der Waals surface area (Å²) in [5, 5.41) is 7.60. The average Bonchev–Trinajstić information content (AvgIpc) is 3.21. The number of rotatable bonds is 3. The number of pyridine rings is 1. The molecule has 21 heavy (non-hydrogen) atoms. The summed E-state index contributed by atoms with van der Waals surface area (Å²) >= 11 is 1.60. The Labute approximate surface area is 126 Å². The van der Waals surface area contributed by atoms with Crippen LogP contribution in [0.2, 0.25) is 0 Å². The van der Waals surface area contributed by atoms with E-state index in [-0.39, 0.29) is 11.9 Å². The number of nitrogens with one attached hydrogen (secondary N) is 2. The van der Waals surface area contributed by atoms with Gasteiger partial charge in [-0.25, -0.2) is 4.98 Å². The van der Waals surface area contributed by atoms with Crippen molar-refractivity contribution in [2.45, 2.75) is 42.3 Å². The van der Waals surface area contributed by atoms with Crippen LogP contribution >= 0.6 is 11.8 Å². The number of aromatic nitrogens is 1. The van der Waals surface area contributed by atoms with Crippen LogP contribution in [0.3, 0.4) is 0 Å². The Balaban J connectivity index is 1.56. The maximum atomic E-state index is 12.4. The van der Waals surface area contributed by atoms with Crippen molar-refractivity contribution in [1.29, 1.82) is 0 Å². The summed E-state index contributed by atoms with van der Waals surface area (Å²) in [5.74, 6) is -0.0931. The third-order valence-corrected chi connectivity index (χ3v) is 5.25. The predicted molar refractivity (Wildman–Crippen MR) is 81.6 cm³/mol. The molecule has 6 heteroatoms. The SMILES string of the molecule is CSc1coc2cnc(C(=O)N[C@@H]3C[C@H]4CC[C@@H]3N4)cc12. The van der Waals surface area contributed by atoms with Crippen molar-refractivity contribution in [3.63, 3.8) is 0 Å². The van der Waals surface area contributed by atoms with Gasteiger partial charge < -0.3 is 15.1 Å². The molecule has 2 N–H and O–H groups in total. The Hall–Kier alpha value is -1.53. The van der Waals surface area contributed by atoms with Crippen LogP contribution in [-0.4, -0.2) is 35.3 Å². The Morgan fingerprint density at radius 3 is 3.14 bits per heavy atom. The lowest BCUT2D eigenvalue weighted by Gasteiger charge is -2.21. The monoisotopic (exact) mass is 303 g/mol. The van der Waals surface area contributed by atoms with E-state index in [1.54, 1.807) is 24.2 Å². The summed E-state index contributed by atoms with van der Waals surface area (Å²) < 4.78 is 5.42. The lowest BCUT2D eigenvalue weighted by Crippen LogP contribution is -2.43. The fourth-order valence-corrected chi connectivity index (χ4v) is 3.94. The maximum Gasteiger partial charge on any atom is 0.270 e. The van der Waals surface area contributed by atoms with Gasteiger partial charge in [0.2, 0.25) is 0 Å². The van der Waals surface area contributed by atoms with E-state index in [1.165, 1.54) is 6.42 Å². The molecule has 2 aromatic rings. The molecule has 2 aliphatic heterocycles. The van der Waals surface area contributed by atoms with Crippen molar-refractivity contribution in [3.05, 3.63) is 24.2 Å². The molecule has 5 nitrogen and oxygen atoms in total. The zero-order chi connectivity index (χ0) is 14.4. The van der Waals surface area contributed by atoms with Gasteiger partial charge in [0.25, 0.3) is 5.91 Å². The summed E-state index contributed by atoms with van der Waals surface area (Å²) in [6.07, 6.45) is 8.74. The molecule has 0 aliphatic carbocycles. The minimum Gasteiger partial charge on any atom is -0.462 e. The van der Waals surface area contributed by atoms with Crippen LogP contribution in [0.15, 0.2) is 27.8 Å².